The summed E-state index contributed by atoms with van der Waals surface area (Å²) >= 11 is 1.60. The van der Waals surface area contributed by atoms with E-state index < -0.39 is 0 Å². The van der Waals surface area contributed by atoms with Crippen molar-refractivity contribution in [2.45, 2.75) is 12.5 Å². The van der Waals surface area contributed by atoms with E-state index in [4.69, 9.17) is 5.73 Å². The molecule has 1 heterocycles. The quantitative estimate of drug-likeness (QED) is 0.729. The van der Waals surface area contributed by atoms with Crippen LogP contribution in [0.4, 0.5) is 0 Å². The Hall–Kier alpha value is -1.97. The van der Waals surface area contributed by atoms with E-state index in [0.717, 1.165) is 21.2 Å². The number of benzene rings is 2. The van der Waals surface area contributed by atoms with Crippen LogP contribution in [0.2, 0.25) is 0 Å². The number of fused-ring (bicyclic) bond motifs is 1. The van der Waals surface area contributed by atoms with Gasteiger partial charge in [-0.05, 0) is 28.5 Å². The van der Waals surface area contributed by atoms with E-state index in [2.05, 4.69) is 0 Å². The highest BCUT2D eigenvalue weighted by atomic mass is 32.1. The molecule has 0 saturated carbocycles. The third-order valence-corrected chi connectivity index (χ3v) is 4.38. The van der Waals surface area contributed by atoms with Crippen LogP contribution in [0.3, 0.4) is 0 Å². The first-order valence-electron chi connectivity index (χ1n) is 6.55. The third kappa shape index (κ3) is 2.50. The minimum Gasteiger partial charge on any atom is -0.324 e. The van der Waals surface area contributed by atoms with Crippen molar-refractivity contribution in [3.8, 4) is 0 Å². The number of rotatable bonds is 4. The summed E-state index contributed by atoms with van der Waals surface area (Å²) in [6, 6.07) is 17.4. The minimum atomic E-state index is -0.251. The zero-order valence-corrected chi connectivity index (χ0v) is 11.8. The lowest BCUT2D eigenvalue weighted by atomic mass is 9.98. The molecule has 3 heteroatoms. The maximum absolute atomic E-state index is 12.5. The first-order chi connectivity index (χ1) is 9.75. The van der Waals surface area contributed by atoms with Gasteiger partial charge in [-0.25, -0.2) is 0 Å². The predicted molar refractivity (Wildman–Crippen MR) is 84.1 cm³/mol. The van der Waals surface area contributed by atoms with Gasteiger partial charge in [0.1, 0.15) is 0 Å². The fraction of sp³-hybridized carbons (Fsp3) is 0.118. The van der Waals surface area contributed by atoms with Gasteiger partial charge >= 0.3 is 0 Å². The molecule has 3 aromatic rings. The number of Topliss-reactive ketones (excluding diaryl/α,β-unsaturated/α-hetero) is 1. The predicted octanol–water partition coefficient (Wildman–Crippen LogP) is 4.17. The molecule has 0 spiro atoms. The number of hydrogen-bond donors (Lipinski definition) is 1. The molecule has 0 aliphatic carbocycles. The Morgan fingerprint density at radius 2 is 1.85 bits per heavy atom. The Morgan fingerprint density at radius 3 is 2.65 bits per heavy atom. The van der Waals surface area contributed by atoms with Crippen molar-refractivity contribution < 1.29 is 4.79 Å². The molecule has 2 aromatic carbocycles. The highest BCUT2D eigenvalue weighted by Gasteiger charge is 2.15. The summed E-state index contributed by atoms with van der Waals surface area (Å²) in [7, 11) is 0. The van der Waals surface area contributed by atoms with Crippen molar-refractivity contribution in [2.24, 2.45) is 5.73 Å². The minimum absolute atomic E-state index is 0.106. The van der Waals surface area contributed by atoms with Crippen molar-refractivity contribution in [1.82, 2.24) is 0 Å². The summed E-state index contributed by atoms with van der Waals surface area (Å²) < 4.78 is 1.05. The molecule has 0 amide bonds. The summed E-state index contributed by atoms with van der Waals surface area (Å²) in [5.41, 5.74) is 7.92. The van der Waals surface area contributed by atoms with Crippen molar-refractivity contribution in [3.63, 3.8) is 0 Å². The van der Waals surface area contributed by atoms with Crippen LogP contribution < -0.4 is 5.73 Å². The molecule has 2 N–H and O–H groups in total. The van der Waals surface area contributed by atoms with E-state index in [9.17, 15) is 4.79 Å². The molecule has 100 valence electrons. The second kappa shape index (κ2) is 5.57. The summed E-state index contributed by atoms with van der Waals surface area (Å²) in [4.78, 5) is 12.5. The van der Waals surface area contributed by atoms with Crippen LogP contribution in [0.1, 0.15) is 28.4 Å². The largest absolute Gasteiger partial charge is 0.324 e. The van der Waals surface area contributed by atoms with E-state index in [1.807, 2.05) is 60.0 Å². The zero-order valence-electron chi connectivity index (χ0n) is 11.0. The van der Waals surface area contributed by atoms with Gasteiger partial charge in [0.05, 0.1) is 0 Å². The third-order valence-electron chi connectivity index (χ3n) is 3.41. The van der Waals surface area contributed by atoms with Crippen LogP contribution >= 0.6 is 11.3 Å². The molecule has 0 saturated heterocycles. The van der Waals surface area contributed by atoms with Crippen molar-refractivity contribution in [1.29, 1.82) is 0 Å². The normalized spacial score (nSPS) is 12.4. The molecule has 0 aliphatic rings. The van der Waals surface area contributed by atoms with Gasteiger partial charge in [0.25, 0.3) is 0 Å². The second-order valence-electron chi connectivity index (χ2n) is 4.79. The second-order valence-corrected chi connectivity index (χ2v) is 5.71. The SMILES string of the molecule is NC(CC(=O)c1cccc2ccsc12)c1ccccc1. The van der Waals surface area contributed by atoms with Crippen LogP contribution in [0, 0.1) is 0 Å². The molecule has 0 aliphatic heterocycles. The van der Waals surface area contributed by atoms with Crippen molar-refractivity contribution in [3.05, 3.63) is 71.1 Å². The van der Waals surface area contributed by atoms with Gasteiger partial charge < -0.3 is 5.73 Å². The monoisotopic (exact) mass is 281 g/mol. The van der Waals surface area contributed by atoms with E-state index in [-0.39, 0.29) is 11.8 Å². The standard InChI is InChI=1S/C17H15NOS/c18-15(12-5-2-1-3-6-12)11-16(19)14-8-4-7-13-9-10-20-17(13)14/h1-10,15H,11,18H2. The zero-order chi connectivity index (χ0) is 13.9. The maximum atomic E-state index is 12.5. The van der Waals surface area contributed by atoms with E-state index >= 15 is 0 Å². The van der Waals surface area contributed by atoms with Crippen LogP contribution in [-0.4, -0.2) is 5.78 Å². The summed E-state index contributed by atoms with van der Waals surface area (Å²) in [5, 5.41) is 3.13. The molecule has 1 unspecified atom stereocenters. The van der Waals surface area contributed by atoms with Crippen LogP contribution in [0.5, 0.6) is 0 Å². The van der Waals surface area contributed by atoms with Crippen LogP contribution in [-0.2, 0) is 0 Å². The smallest absolute Gasteiger partial charge is 0.166 e. The van der Waals surface area contributed by atoms with Gasteiger partial charge in [-0.2, -0.15) is 0 Å². The van der Waals surface area contributed by atoms with Crippen LogP contribution in [0.25, 0.3) is 10.1 Å². The van der Waals surface area contributed by atoms with Crippen molar-refractivity contribution >= 4 is 27.2 Å². The molecule has 1 aromatic heterocycles. The summed E-state index contributed by atoms with van der Waals surface area (Å²) in [6.45, 7) is 0. The highest BCUT2D eigenvalue weighted by molar-refractivity contribution is 7.17. The first kappa shape index (κ1) is 13.0. The molecule has 0 radical (unpaired) electrons. The first-order valence-corrected chi connectivity index (χ1v) is 7.43. The van der Waals surface area contributed by atoms with Gasteiger partial charge in [-0.15, -0.1) is 11.3 Å². The van der Waals surface area contributed by atoms with Gasteiger partial charge in [0.15, 0.2) is 5.78 Å². The molecular formula is C17H15NOS. The Bertz CT molecular complexity index is 733. The Kier molecular flexibility index (Phi) is 3.63. The van der Waals surface area contributed by atoms with E-state index in [0.29, 0.717) is 6.42 Å². The lowest BCUT2D eigenvalue weighted by Gasteiger charge is -2.11. The van der Waals surface area contributed by atoms with Gasteiger partial charge in [0.2, 0.25) is 0 Å². The number of ketones is 1. The van der Waals surface area contributed by atoms with E-state index in [1.165, 1.54) is 0 Å². The Morgan fingerprint density at radius 1 is 1.05 bits per heavy atom. The molecule has 20 heavy (non-hydrogen) atoms. The Labute approximate surface area is 121 Å². The average molecular weight is 281 g/mol. The number of carbonyl (C=O) groups excluding carboxylic acids is 1. The molecular weight excluding hydrogens is 266 g/mol. The fourth-order valence-corrected chi connectivity index (χ4v) is 3.27. The van der Waals surface area contributed by atoms with E-state index in [1.54, 1.807) is 11.3 Å². The summed E-state index contributed by atoms with van der Waals surface area (Å²) in [6.07, 6.45) is 0.334. The highest BCUT2D eigenvalue weighted by Crippen LogP contribution is 2.27. The summed E-state index contributed by atoms with van der Waals surface area (Å²) in [5.74, 6) is 0.106. The fourth-order valence-electron chi connectivity index (χ4n) is 2.34. The lowest BCUT2D eigenvalue weighted by molar-refractivity contribution is 0.0976. The maximum Gasteiger partial charge on any atom is 0.166 e. The molecule has 2 nitrogen and oxygen atoms in total. The average Bonchev–Trinajstić information content (AvgIpc) is 2.96. The number of thiophene rings is 1. The topological polar surface area (TPSA) is 43.1 Å². The number of hydrogen-bond acceptors (Lipinski definition) is 3. The molecule has 0 fully saturated rings. The number of carbonyl (C=O) groups is 1. The molecule has 3 rings (SSSR count). The lowest BCUT2D eigenvalue weighted by Crippen LogP contribution is -2.15. The number of nitrogens with two attached hydrogens (primary N) is 1. The molecule has 1 atom stereocenters. The van der Waals surface area contributed by atoms with Gasteiger partial charge in [0, 0.05) is 22.7 Å². The van der Waals surface area contributed by atoms with Crippen molar-refractivity contribution in [2.75, 3.05) is 0 Å². The van der Waals surface area contributed by atoms with Gasteiger partial charge in [-0.1, -0.05) is 42.5 Å². The molecule has 0 bridgehead atoms. The van der Waals surface area contributed by atoms with Crippen LogP contribution in [0.15, 0.2) is 60.0 Å². The Balaban J connectivity index is 1.85. The van der Waals surface area contributed by atoms with Gasteiger partial charge in [-0.3, -0.25) is 4.79 Å².